The Kier molecular flexibility index (Phi) is 5.91. The predicted octanol–water partition coefficient (Wildman–Crippen LogP) is 2.59. The van der Waals surface area contributed by atoms with E-state index in [4.69, 9.17) is 9.84 Å². The van der Waals surface area contributed by atoms with Crippen molar-refractivity contribution in [1.82, 2.24) is 0 Å². The summed E-state index contributed by atoms with van der Waals surface area (Å²) in [4.78, 5) is 22.3. The van der Waals surface area contributed by atoms with E-state index in [-0.39, 0.29) is 18.3 Å². The topological polar surface area (TPSA) is 63.6 Å². The maximum atomic E-state index is 11.8. The van der Waals surface area contributed by atoms with Crippen molar-refractivity contribution in [2.24, 2.45) is 0 Å². The van der Waals surface area contributed by atoms with Crippen LogP contribution in [0.2, 0.25) is 0 Å². The van der Waals surface area contributed by atoms with Crippen LogP contribution in [0.4, 0.5) is 0 Å². The van der Waals surface area contributed by atoms with Crippen molar-refractivity contribution in [3.05, 3.63) is 35.9 Å². The van der Waals surface area contributed by atoms with Crippen LogP contribution in [0.25, 0.3) is 0 Å². The fourth-order valence-corrected chi connectivity index (χ4v) is 1.81. The molecule has 0 aliphatic rings. The van der Waals surface area contributed by atoms with Crippen molar-refractivity contribution in [3.8, 4) is 0 Å². The highest BCUT2D eigenvalue weighted by atomic mass is 16.5. The van der Waals surface area contributed by atoms with Crippen LogP contribution < -0.4 is 0 Å². The van der Waals surface area contributed by atoms with E-state index < -0.39 is 5.97 Å². The number of carbonyl (C=O) groups excluding carboxylic acids is 1. The highest BCUT2D eigenvalue weighted by Crippen LogP contribution is 2.23. The SMILES string of the molecule is CCOC(=O)C(CCCC(=O)O)c1ccccc1. The molecule has 4 heteroatoms. The number of ether oxygens (including phenoxy) is 1. The third kappa shape index (κ3) is 4.57. The summed E-state index contributed by atoms with van der Waals surface area (Å²) in [7, 11) is 0. The zero-order valence-corrected chi connectivity index (χ0v) is 10.5. The fourth-order valence-electron chi connectivity index (χ4n) is 1.81. The second-order valence-electron chi connectivity index (χ2n) is 4.00. The lowest BCUT2D eigenvalue weighted by Crippen LogP contribution is -2.16. The minimum absolute atomic E-state index is 0.0722. The molecule has 0 saturated carbocycles. The number of benzene rings is 1. The monoisotopic (exact) mass is 250 g/mol. The van der Waals surface area contributed by atoms with Crippen LogP contribution in [0.15, 0.2) is 30.3 Å². The molecule has 0 saturated heterocycles. The third-order valence-corrected chi connectivity index (χ3v) is 2.66. The maximum absolute atomic E-state index is 11.8. The Labute approximate surface area is 107 Å². The number of aliphatic carboxylic acids is 1. The third-order valence-electron chi connectivity index (χ3n) is 2.66. The van der Waals surface area contributed by atoms with Crippen molar-refractivity contribution in [3.63, 3.8) is 0 Å². The molecule has 0 radical (unpaired) electrons. The molecule has 18 heavy (non-hydrogen) atoms. The van der Waals surface area contributed by atoms with Gasteiger partial charge in [-0.2, -0.15) is 0 Å². The number of carbonyl (C=O) groups is 2. The van der Waals surface area contributed by atoms with E-state index in [1.54, 1.807) is 6.92 Å². The summed E-state index contributed by atoms with van der Waals surface area (Å²) in [5.74, 6) is -1.50. The molecule has 0 aliphatic carbocycles. The van der Waals surface area contributed by atoms with Gasteiger partial charge in [-0.3, -0.25) is 9.59 Å². The van der Waals surface area contributed by atoms with Crippen LogP contribution >= 0.6 is 0 Å². The smallest absolute Gasteiger partial charge is 0.313 e. The second-order valence-corrected chi connectivity index (χ2v) is 4.00. The van der Waals surface area contributed by atoms with Crippen LogP contribution in [0.3, 0.4) is 0 Å². The van der Waals surface area contributed by atoms with Gasteiger partial charge in [0, 0.05) is 6.42 Å². The molecule has 0 fully saturated rings. The molecule has 1 N–H and O–H groups in total. The first kappa shape index (κ1) is 14.2. The molecule has 1 unspecified atom stereocenters. The molecule has 1 aromatic rings. The van der Waals surface area contributed by atoms with Gasteiger partial charge in [-0.1, -0.05) is 30.3 Å². The molecule has 0 spiro atoms. The van der Waals surface area contributed by atoms with Crippen LogP contribution in [-0.2, 0) is 14.3 Å². The van der Waals surface area contributed by atoms with E-state index in [2.05, 4.69) is 0 Å². The maximum Gasteiger partial charge on any atom is 0.313 e. The summed E-state index contributed by atoms with van der Waals surface area (Å²) in [6, 6.07) is 9.32. The van der Waals surface area contributed by atoms with Crippen molar-refractivity contribution in [2.75, 3.05) is 6.61 Å². The van der Waals surface area contributed by atoms with Gasteiger partial charge in [-0.05, 0) is 25.3 Å². The van der Waals surface area contributed by atoms with Crippen LogP contribution in [-0.4, -0.2) is 23.7 Å². The second kappa shape index (κ2) is 7.48. The summed E-state index contributed by atoms with van der Waals surface area (Å²) in [6.07, 6.45) is 1.03. The van der Waals surface area contributed by atoms with Crippen molar-refractivity contribution in [2.45, 2.75) is 32.1 Å². The fraction of sp³-hybridized carbons (Fsp3) is 0.429. The van der Waals surface area contributed by atoms with E-state index in [1.807, 2.05) is 30.3 Å². The first-order valence-corrected chi connectivity index (χ1v) is 6.08. The number of rotatable bonds is 7. The highest BCUT2D eigenvalue weighted by Gasteiger charge is 2.21. The largest absolute Gasteiger partial charge is 0.481 e. The first-order chi connectivity index (χ1) is 8.65. The molecular weight excluding hydrogens is 232 g/mol. The number of hydrogen-bond donors (Lipinski definition) is 1. The minimum atomic E-state index is -0.842. The first-order valence-electron chi connectivity index (χ1n) is 6.08. The van der Waals surface area contributed by atoms with Gasteiger partial charge in [-0.25, -0.2) is 0 Å². The summed E-state index contributed by atoms with van der Waals surface area (Å²) in [6.45, 7) is 2.10. The molecule has 1 atom stereocenters. The van der Waals surface area contributed by atoms with Crippen molar-refractivity contribution >= 4 is 11.9 Å². The number of hydrogen-bond acceptors (Lipinski definition) is 3. The molecule has 0 aliphatic heterocycles. The molecule has 0 amide bonds. The number of carboxylic acids is 1. The quantitative estimate of drug-likeness (QED) is 0.755. The van der Waals surface area contributed by atoms with E-state index in [1.165, 1.54) is 0 Å². The Hall–Kier alpha value is -1.84. The summed E-state index contributed by atoms with van der Waals surface area (Å²) in [5, 5.41) is 8.62. The highest BCUT2D eigenvalue weighted by molar-refractivity contribution is 5.78. The molecule has 98 valence electrons. The van der Waals surface area contributed by atoms with Gasteiger partial charge in [-0.15, -0.1) is 0 Å². The Morgan fingerprint density at radius 2 is 1.94 bits per heavy atom. The van der Waals surface area contributed by atoms with Gasteiger partial charge in [0.2, 0.25) is 0 Å². The lowest BCUT2D eigenvalue weighted by molar-refractivity contribution is -0.145. The zero-order chi connectivity index (χ0) is 13.4. The lowest BCUT2D eigenvalue weighted by atomic mass is 9.93. The van der Waals surface area contributed by atoms with Gasteiger partial charge in [0.05, 0.1) is 12.5 Å². The minimum Gasteiger partial charge on any atom is -0.481 e. The lowest BCUT2D eigenvalue weighted by Gasteiger charge is -2.15. The molecule has 0 bridgehead atoms. The van der Waals surface area contributed by atoms with Gasteiger partial charge in [0.1, 0.15) is 0 Å². The average molecular weight is 250 g/mol. The summed E-state index contributed by atoms with van der Waals surface area (Å²) < 4.78 is 5.03. The van der Waals surface area contributed by atoms with Gasteiger partial charge < -0.3 is 9.84 Å². The number of carboxylic acid groups (broad SMARTS) is 1. The van der Waals surface area contributed by atoms with Gasteiger partial charge >= 0.3 is 11.9 Å². The Bertz CT molecular complexity index is 386. The van der Waals surface area contributed by atoms with Crippen LogP contribution in [0.1, 0.15) is 37.7 Å². The summed E-state index contributed by atoms with van der Waals surface area (Å²) in [5.41, 5.74) is 0.876. The van der Waals surface area contributed by atoms with Gasteiger partial charge in [0.15, 0.2) is 0 Å². The Morgan fingerprint density at radius 3 is 2.50 bits per heavy atom. The van der Waals surface area contributed by atoms with Crippen LogP contribution in [0.5, 0.6) is 0 Å². The van der Waals surface area contributed by atoms with E-state index >= 15 is 0 Å². The molecule has 1 aromatic carbocycles. The Balaban J connectivity index is 2.69. The van der Waals surface area contributed by atoms with Gasteiger partial charge in [0.25, 0.3) is 0 Å². The molecule has 1 rings (SSSR count). The molecule has 0 aromatic heterocycles. The van der Waals surface area contributed by atoms with Crippen molar-refractivity contribution in [1.29, 1.82) is 0 Å². The molecule has 4 nitrogen and oxygen atoms in total. The van der Waals surface area contributed by atoms with Crippen molar-refractivity contribution < 1.29 is 19.4 Å². The van der Waals surface area contributed by atoms with Crippen LogP contribution in [0, 0.1) is 0 Å². The number of esters is 1. The predicted molar refractivity (Wildman–Crippen MR) is 67.3 cm³/mol. The average Bonchev–Trinajstić information content (AvgIpc) is 2.35. The standard InChI is InChI=1S/C14H18O4/c1-2-18-14(17)12(9-6-10-13(15)16)11-7-4-3-5-8-11/h3-5,7-8,12H,2,6,9-10H2,1H3,(H,15,16). The van der Waals surface area contributed by atoms with E-state index in [0.29, 0.717) is 19.4 Å². The van der Waals surface area contributed by atoms with E-state index in [0.717, 1.165) is 5.56 Å². The Morgan fingerprint density at radius 1 is 1.28 bits per heavy atom. The molecule has 0 heterocycles. The summed E-state index contributed by atoms with van der Waals surface area (Å²) >= 11 is 0. The van der Waals surface area contributed by atoms with E-state index in [9.17, 15) is 9.59 Å². The molecular formula is C14H18O4. The zero-order valence-electron chi connectivity index (χ0n) is 10.5. The normalized spacial score (nSPS) is 11.8.